The van der Waals surface area contributed by atoms with Crippen molar-refractivity contribution in [2.75, 3.05) is 0 Å². The molecule has 0 heterocycles. The van der Waals surface area contributed by atoms with Crippen LogP contribution in [0.15, 0.2) is 30.3 Å². The lowest BCUT2D eigenvalue weighted by atomic mass is 10.4. The quantitative estimate of drug-likeness (QED) is 0.236. The van der Waals surface area contributed by atoms with Gasteiger partial charge in [-0.3, -0.25) is 0 Å². The van der Waals surface area contributed by atoms with E-state index >= 15 is 0 Å². The first-order chi connectivity index (χ1) is 5.86. The Kier molecular flexibility index (Phi) is 6.37. The van der Waals surface area contributed by atoms with Crippen molar-refractivity contribution in [2.24, 2.45) is 0 Å². The molecule has 0 nitrogen and oxygen atoms in total. The van der Waals surface area contributed by atoms with Gasteiger partial charge in [0.25, 0.3) is 0.0813 Å². The van der Waals surface area contributed by atoms with Crippen molar-refractivity contribution in [3.8, 4) is 0 Å². The molecule has 0 unspecified atom stereocenters. The predicted octanol–water partition coefficient (Wildman–Crippen LogP) is 4.53. The lowest BCUT2D eigenvalue weighted by molar-refractivity contribution is 1.77. The van der Waals surface area contributed by atoms with Crippen LogP contribution in [0.4, 0.5) is 0 Å². The third kappa shape index (κ3) is 3.91. The van der Waals surface area contributed by atoms with Crippen LogP contribution in [0.2, 0.25) is 0 Å². The van der Waals surface area contributed by atoms with Crippen molar-refractivity contribution < 1.29 is 0 Å². The van der Waals surface area contributed by atoms with Gasteiger partial charge in [-0.1, -0.05) is 139 Å². The van der Waals surface area contributed by atoms with Gasteiger partial charge in [-0.2, -0.15) is 0 Å². The van der Waals surface area contributed by atoms with Crippen LogP contribution in [-0.2, 0) is 0 Å². The Morgan fingerprint density at radius 3 is 1.62 bits per heavy atom. The standard InChI is InChI=1S/C6H5I5Si2/c7-12(8,13(9,10)11)6-4-2-1-3-5-6/h1-5H. The summed E-state index contributed by atoms with van der Waals surface area (Å²) in [5.41, 5.74) is 0. The summed E-state index contributed by atoms with van der Waals surface area (Å²) in [6.45, 7) is 0. The molecule has 72 valence electrons. The zero-order valence-electron chi connectivity index (χ0n) is 6.28. The third-order valence-electron chi connectivity index (χ3n) is 1.49. The van der Waals surface area contributed by atoms with Crippen LogP contribution in [0.25, 0.3) is 0 Å². The van der Waals surface area contributed by atoms with E-state index in [-0.39, 0.29) is 0 Å². The maximum Gasteiger partial charge on any atom is 0.269 e. The van der Waals surface area contributed by atoms with Crippen molar-refractivity contribution in [2.45, 2.75) is 0 Å². The first-order valence-electron chi connectivity index (χ1n) is 3.36. The van der Waals surface area contributed by atoms with Crippen LogP contribution in [-0.4, -0.2) is 2.67 Å². The first kappa shape index (κ1) is 14.4. The normalized spacial score (nSPS) is 13.0. The highest BCUT2D eigenvalue weighted by atomic mass is 127. The van der Waals surface area contributed by atoms with E-state index in [0.717, 1.165) is 0 Å². The number of rotatable bonds is 2. The Labute approximate surface area is 144 Å². The summed E-state index contributed by atoms with van der Waals surface area (Å²) in [7, 11) is 0. The van der Waals surface area contributed by atoms with Crippen LogP contribution < -0.4 is 5.19 Å². The van der Waals surface area contributed by atoms with Crippen molar-refractivity contribution >= 4 is 117 Å². The molecule has 0 aliphatic heterocycles. The summed E-state index contributed by atoms with van der Waals surface area (Å²) in [6, 6.07) is 11.0. The minimum absolute atomic E-state index is 1.10. The van der Waals surface area contributed by atoms with Crippen LogP contribution in [0.3, 0.4) is 0 Å². The molecule has 0 aromatic heterocycles. The van der Waals surface area contributed by atoms with Gasteiger partial charge in [-0.25, -0.2) is 0 Å². The van der Waals surface area contributed by atoms with Crippen LogP contribution in [0, 0.1) is 0 Å². The zero-order valence-corrected chi connectivity index (χ0v) is 19.1. The minimum atomic E-state index is -1.24. The van der Waals surface area contributed by atoms with E-state index in [1.165, 1.54) is 0 Å². The van der Waals surface area contributed by atoms with Crippen molar-refractivity contribution in [3.05, 3.63) is 30.3 Å². The van der Waals surface area contributed by atoms with Gasteiger partial charge in [0.05, 0.1) is 0 Å². The van der Waals surface area contributed by atoms with Crippen molar-refractivity contribution in [1.82, 2.24) is 0 Å². The molecule has 0 radical (unpaired) electrons. The van der Waals surface area contributed by atoms with Crippen LogP contribution in [0.1, 0.15) is 0 Å². The van der Waals surface area contributed by atoms with Gasteiger partial charge < -0.3 is 0 Å². The van der Waals surface area contributed by atoms with Gasteiger partial charge in [-0.05, 0) is 5.19 Å². The van der Waals surface area contributed by atoms with Crippen LogP contribution in [0.5, 0.6) is 0 Å². The first-order valence-corrected chi connectivity index (χ1v) is 23.9. The van der Waals surface area contributed by atoms with Gasteiger partial charge in [0.2, 0.25) is 2.58 Å². The molecule has 1 rings (SSSR count). The highest BCUT2D eigenvalue weighted by Crippen LogP contribution is 2.45. The monoisotopic (exact) mass is 768 g/mol. The molecule has 0 aliphatic carbocycles. The molecule has 1 aromatic rings. The number of hydrogen-bond donors (Lipinski definition) is 0. The maximum absolute atomic E-state index is 2.71. The summed E-state index contributed by atoms with van der Waals surface area (Å²) >= 11 is 13.5. The van der Waals surface area contributed by atoms with E-state index < -0.39 is 2.67 Å². The molecular formula is C6H5I5Si2. The molecule has 0 aliphatic rings. The molecular weight excluding hydrogens is 763 g/mol. The second-order valence-corrected chi connectivity index (χ2v) is 74.0. The highest BCUT2D eigenvalue weighted by Gasteiger charge is 2.49. The molecule has 0 spiro atoms. The molecule has 13 heavy (non-hydrogen) atoms. The zero-order chi connectivity index (χ0) is 10.1. The van der Waals surface area contributed by atoms with E-state index in [2.05, 4.69) is 139 Å². The summed E-state index contributed by atoms with van der Waals surface area (Å²) in [5.74, 6) is 0. The van der Waals surface area contributed by atoms with E-state index in [1.807, 2.05) is 0 Å². The fourth-order valence-corrected chi connectivity index (χ4v) is 13.8. The summed E-state index contributed by atoms with van der Waals surface area (Å²) in [5, 5.41) is 1.57. The molecule has 0 bridgehead atoms. The third-order valence-corrected chi connectivity index (χ3v) is 102. The summed E-state index contributed by atoms with van der Waals surface area (Å²) < 4.78 is -2.35. The fourth-order valence-electron chi connectivity index (χ4n) is 0.811. The number of halogens is 5. The van der Waals surface area contributed by atoms with E-state index in [1.54, 1.807) is 5.19 Å². The predicted molar refractivity (Wildman–Crippen MR) is 108 cm³/mol. The maximum atomic E-state index is 2.71. The Bertz CT molecular complexity index is 281. The van der Waals surface area contributed by atoms with Gasteiger partial charge in [-0.15, -0.1) is 0 Å². The Hall–Kier alpha value is 3.30. The lowest BCUT2D eigenvalue weighted by Gasteiger charge is -2.25. The second kappa shape index (κ2) is 5.77. The Morgan fingerprint density at radius 2 is 1.23 bits per heavy atom. The Morgan fingerprint density at radius 1 is 0.769 bits per heavy atom. The van der Waals surface area contributed by atoms with Gasteiger partial charge in [0.1, 0.15) is 0 Å². The smallest absolute Gasteiger partial charge is 0.0992 e. The topological polar surface area (TPSA) is 0 Å². The van der Waals surface area contributed by atoms with Gasteiger partial charge >= 0.3 is 0 Å². The van der Waals surface area contributed by atoms with Crippen LogP contribution >= 0.6 is 109 Å². The molecule has 0 saturated carbocycles. The van der Waals surface area contributed by atoms with E-state index in [4.69, 9.17) is 0 Å². The lowest BCUT2D eigenvalue weighted by Crippen LogP contribution is -2.50. The fraction of sp³-hybridized carbons (Fsp3) is 0. The molecule has 0 atom stereocenters. The van der Waals surface area contributed by atoms with Crippen molar-refractivity contribution in [1.29, 1.82) is 0 Å². The average molecular weight is 768 g/mol. The molecule has 0 fully saturated rings. The molecule has 1 aromatic carbocycles. The Balaban J connectivity index is 3.08. The molecule has 0 amide bonds. The number of hydrogen-bond acceptors (Lipinski definition) is 0. The van der Waals surface area contributed by atoms with Gasteiger partial charge in [0, 0.05) is 0 Å². The average Bonchev–Trinajstić information content (AvgIpc) is 2.04. The largest absolute Gasteiger partial charge is 0.269 e. The molecule has 0 N–H and O–H groups in total. The highest BCUT2D eigenvalue weighted by molar-refractivity contribution is 14.4. The molecule has 7 heteroatoms. The van der Waals surface area contributed by atoms with Crippen molar-refractivity contribution in [3.63, 3.8) is 0 Å². The molecule has 0 saturated heterocycles. The summed E-state index contributed by atoms with van der Waals surface area (Å²) in [4.78, 5) is 0. The minimum Gasteiger partial charge on any atom is -0.0992 e. The SMILES string of the molecule is I[Si](I)(I)[Si](I)(I)c1ccccc1. The summed E-state index contributed by atoms with van der Waals surface area (Å²) in [6.07, 6.45) is 0. The van der Waals surface area contributed by atoms with E-state index in [9.17, 15) is 0 Å². The number of benzene rings is 1. The van der Waals surface area contributed by atoms with E-state index in [0.29, 0.717) is 0 Å². The second-order valence-electron chi connectivity index (χ2n) is 2.44. The van der Waals surface area contributed by atoms with Gasteiger partial charge in [0.15, 0.2) is 0 Å².